The largest absolute Gasteiger partial charge is 0.490 e. The minimum atomic E-state index is 0.0224. The standard InChI is InChI=1S/C15H24N2O2/c1-15(2,7-8-16)17(3)12-5-6-13-14(11-12)19-10-4-9-18-13/h5-6,11H,4,7-10,16H2,1-3H3. The van der Waals surface area contributed by atoms with Crippen LogP contribution in [-0.4, -0.2) is 32.3 Å². The first-order valence-electron chi connectivity index (χ1n) is 6.88. The van der Waals surface area contributed by atoms with Crippen molar-refractivity contribution in [2.45, 2.75) is 32.2 Å². The van der Waals surface area contributed by atoms with E-state index in [2.05, 4.69) is 37.9 Å². The van der Waals surface area contributed by atoms with Gasteiger partial charge in [-0.2, -0.15) is 0 Å². The predicted molar refractivity (Wildman–Crippen MR) is 78.2 cm³/mol. The highest BCUT2D eigenvalue weighted by atomic mass is 16.5. The van der Waals surface area contributed by atoms with Gasteiger partial charge in [0.15, 0.2) is 11.5 Å². The number of hydrogen-bond donors (Lipinski definition) is 1. The molecule has 4 heteroatoms. The molecular formula is C15H24N2O2. The fourth-order valence-electron chi connectivity index (χ4n) is 2.23. The minimum absolute atomic E-state index is 0.0224. The Morgan fingerprint density at radius 1 is 1.21 bits per heavy atom. The van der Waals surface area contributed by atoms with Gasteiger partial charge in [0.1, 0.15) is 0 Å². The van der Waals surface area contributed by atoms with Crippen molar-refractivity contribution in [2.24, 2.45) is 5.73 Å². The summed E-state index contributed by atoms with van der Waals surface area (Å²) in [6.07, 6.45) is 1.87. The zero-order valence-corrected chi connectivity index (χ0v) is 12.1. The van der Waals surface area contributed by atoms with Crippen LogP contribution in [0.15, 0.2) is 18.2 Å². The molecular weight excluding hydrogens is 240 g/mol. The highest BCUT2D eigenvalue weighted by Gasteiger charge is 2.24. The van der Waals surface area contributed by atoms with Crippen LogP contribution in [0.5, 0.6) is 11.5 Å². The lowest BCUT2D eigenvalue weighted by Gasteiger charge is -2.37. The van der Waals surface area contributed by atoms with Crippen LogP contribution in [0.4, 0.5) is 5.69 Å². The molecule has 0 aliphatic carbocycles. The molecule has 1 heterocycles. The smallest absolute Gasteiger partial charge is 0.163 e. The van der Waals surface area contributed by atoms with E-state index in [0.29, 0.717) is 13.2 Å². The highest BCUT2D eigenvalue weighted by Crippen LogP contribution is 2.35. The Hall–Kier alpha value is -1.42. The van der Waals surface area contributed by atoms with Gasteiger partial charge in [0.05, 0.1) is 13.2 Å². The molecule has 0 aromatic heterocycles. The van der Waals surface area contributed by atoms with Gasteiger partial charge in [0.2, 0.25) is 0 Å². The molecule has 1 aliphatic heterocycles. The van der Waals surface area contributed by atoms with Crippen molar-refractivity contribution in [2.75, 3.05) is 31.7 Å². The van der Waals surface area contributed by atoms with Crippen molar-refractivity contribution < 1.29 is 9.47 Å². The average Bonchev–Trinajstić information content (AvgIpc) is 2.61. The molecule has 0 amide bonds. The summed E-state index contributed by atoms with van der Waals surface area (Å²) in [6, 6.07) is 6.12. The molecule has 0 bridgehead atoms. The predicted octanol–water partition coefficient (Wildman–Crippen LogP) is 2.41. The number of benzene rings is 1. The molecule has 0 spiro atoms. The zero-order valence-electron chi connectivity index (χ0n) is 12.1. The summed E-state index contributed by atoms with van der Waals surface area (Å²) < 4.78 is 11.4. The van der Waals surface area contributed by atoms with Crippen LogP contribution in [0.2, 0.25) is 0 Å². The molecule has 1 aromatic rings. The van der Waals surface area contributed by atoms with Crippen LogP contribution in [0.3, 0.4) is 0 Å². The van der Waals surface area contributed by atoms with Gasteiger partial charge in [-0.1, -0.05) is 0 Å². The normalized spacial score (nSPS) is 14.9. The maximum Gasteiger partial charge on any atom is 0.163 e. The maximum absolute atomic E-state index is 5.74. The van der Waals surface area contributed by atoms with E-state index in [-0.39, 0.29) is 5.54 Å². The van der Waals surface area contributed by atoms with E-state index in [1.54, 1.807) is 0 Å². The zero-order chi connectivity index (χ0) is 13.9. The summed E-state index contributed by atoms with van der Waals surface area (Å²) in [5.74, 6) is 1.68. The first kappa shape index (κ1) is 14.0. The molecule has 1 aliphatic rings. The topological polar surface area (TPSA) is 47.7 Å². The quantitative estimate of drug-likeness (QED) is 0.907. The van der Waals surface area contributed by atoms with Crippen LogP contribution in [0.1, 0.15) is 26.7 Å². The molecule has 2 rings (SSSR count). The van der Waals surface area contributed by atoms with Gasteiger partial charge in [-0.25, -0.2) is 0 Å². The SMILES string of the molecule is CN(c1ccc2c(c1)OCCCO2)C(C)(C)CCN. The fourth-order valence-corrected chi connectivity index (χ4v) is 2.23. The average molecular weight is 264 g/mol. The third kappa shape index (κ3) is 3.13. The number of hydrogen-bond acceptors (Lipinski definition) is 4. The molecule has 1 aromatic carbocycles. The van der Waals surface area contributed by atoms with Gasteiger partial charge < -0.3 is 20.1 Å². The van der Waals surface area contributed by atoms with Gasteiger partial charge in [-0.05, 0) is 38.9 Å². The second kappa shape index (κ2) is 5.70. The molecule has 19 heavy (non-hydrogen) atoms. The number of rotatable bonds is 4. The Balaban J connectivity index is 2.23. The number of fused-ring (bicyclic) bond motifs is 1. The Kier molecular flexibility index (Phi) is 4.20. The second-order valence-electron chi connectivity index (χ2n) is 5.59. The van der Waals surface area contributed by atoms with Crippen LogP contribution in [-0.2, 0) is 0 Å². The van der Waals surface area contributed by atoms with Crippen LogP contribution in [0.25, 0.3) is 0 Å². The first-order chi connectivity index (χ1) is 9.04. The summed E-state index contributed by atoms with van der Waals surface area (Å²) in [6.45, 7) is 6.51. The van der Waals surface area contributed by atoms with Crippen LogP contribution >= 0.6 is 0 Å². The number of anilines is 1. The van der Waals surface area contributed by atoms with Crippen molar-refractivity contribution in [1.82, 2.24) is 0 Å². The molecule has 0 saturated heterocycles. The van der Waals surface area contributed by atoms with Crippen molar-refractivity contribution >= 4 is 5.69 Å². The van der Waals surface area contributed by atoms with Crippen molar-refractivity contribution in [3.8, 4) is 11.5 Å². The Bertz CT molecular complexity index is 432. The van der Waals surface area contributed by atoms with Gasteiger partial charge in [-0.15, -0.1) is 0 Å². The highest BCUT2D eigenvalue weighted by molar-refractivity contribution is 5.57. The molecule has 0 unspecified atom stereocenters. The Morgan fingerprint density at radius 3 is 2.58 bits per heavy atom. The van der Waals surface area contributed by atoms with Gasteiger partial charge in [0.25, 0.3) is 0 Å². The van der Waals surface area contributed by atoms with E-state index in [1.807, 2.05) is 6.07 Å². The molecule has 2 N–H and O–H groups in total. The van der Waals surface area contributed by atoms with Gasteiger partial charge in [0, 0.05) is 30.8 Å². The lowest BCUT2D eigenvalue weighted by atomic mass is 9.98. The van der Waals surface area contributed by atoms with Gasteiger partial charge in [-0.3, -0.25) is 0 Å². The van der Waals surface area contributed by atoms with Crippen molar-refractivity contribution in [3.05, 3.63) is 18.2 Å². The number of nitrogens with zero attached hydrogens (tertiary/aromatic N) is 1. The van der Waals surface area contributed by atoms with Crippen molar-refractivity contribution in [1.29, 1.82) is 0 Å². The molecule has 0 atom stereocenters. The maximum atomic E-state index is 5.74. The third-order valence-corrected chi connectivity index (χ3v) is 3.78. The lowest BCUT2D eigenvalue weighted by Crippen LogP contribution is -2.42. The van der Waals surface area contributed by atoms with E-state index < -0.39 is 0 Å². The summed E-state index contributed by atoms with van der Waals surface area (Å²) in [5, 5.41) is 0. The number of nitrogens with two attached hydrogens (primary N) is 1. The van der Waals surface area contributed by atoms with Crippen LogP contribution < -0.4 is 20.1 Å². The third-order valence-electron chi connectivity index (χ3n) is 3.78. The summed E-state index contributed by atoms with van der Waals surface area (Å²) in [4.78, 5) is 2.24. The Morgan fingerprint density at radius 2 is 1.89 bits per heavy atom. The van der Waals surface area contributed by atoms with Gasteiger partial charge >= 0.3 is 0 Å². The molecule has 106 valence electrons. The van der Waals surface area contributed by atoms with E-state index in [4.69, 9.17) is 15.2 Å². The Labute approximate surface area is 115 Å². The summed E-state index contributed by atoms with van der Waals surface area (Å²) >= 11 is 0. The van der Waals surface area contributed by atoms with E-state index in [0.717, 1.165) is 36.6 Å². The fraction of sp³-hybridized carbons (Fsp3) is 0.600. The van der Waals surface area contributed by atoms with Crippen molar-refractivity contribution in [3.63, 3.8) is 0 Å². The molecule has 0 fully saturated rings. The molecule has 0 saturated carbocycles. The second-order valence-corrected chi connectivity index (χ2v) is 5.59. The van der Waals surface area contributed by atoms with E-state index in [1.165, 1.54) is 0 Å². The molecule has 0 radical (unpaired) electrons. The van der Waals surface area contributed by atoms with E-state index in [9.17, 15) is 0 Å². The minimum Gasteiger partial charge on any atom is -0.490 e. The first-order valence-corrected chi connectivity index (χ1v) is 6.88. The molecule has 4 nitrogen and oxygen atoms in total. The lowest BCUT2D eigenvalue weighted by molar-refractivity contribution is 0.297. The monoisotopic (exact) mass is 264 g/mol. The summed E-state index contributed by atoms with van der Waals surface area (Å²) in [5.41, 5.74) is 6.84. The number of ether oxygens (including phenoxy) is 2. The van der Waals surface area contributed by atoms with Crippen LogP contribution in [0, 0.1) is 0 Å². The summed E-state index contributed by atoms with van der Waals surface area (Å²) in [7, 11) is 2.09. The van der Waals surface area contributed by atoms with E-state index >= 15 is 0 Å².